The van der Waals surface area contributed by atoms with Gasteiger partial charge in [0.2, 0.25) is 0 Å². The fourth-order valence-electron chi connectivity index (χ4n) is 1.58. The van der Waals surface area contributed by atoms with Gasteiger partial charge in [-0.25, -0.2) is 0 Å². The molecule has 1 rings (SSSR count). The Hall–Kier alpha value is -2.67. The van der Waals surface area contributed by atoms with Crippen molar-refractivity contribution < 1.29 is 39.5 Å². The molecule has 2 atom stereocenters. The molecule has 0 N–H and O–H groups in total. The quantitative estimate of drug-likeness (QED) is 0.432. The first kappa shape index (κ1) is 17.3. The minimum Gasteiger partial charge on any atom is -0.548 e. The number of nitrogens with zero attached hydrogens (tertiary/aromatic N) is 6. The fourth-order valence-corrected chi connectivity index (χ4v) is 1.58. The van der Waals surface area contributed by atoms with Gasteiger partial charge >= 0.3 is 29.6 Å². The summed E-state index contributed by atoms with van der Waals surface area (Å²) in [4.78, 5) is 14.6. The van der Waals surface area contributed by atoms with Gasteiger partial charge < -0.3 is 9.90 Å². The molecule has 0 fully saturated rings. The van der Waals surface area contributed by atoms with Crippen LogP contribution in [0.1, 0.15) is 0 Å². The van der Waals surface area contributed by atoms with Crippen LogP contribution in [0, 0.1) is 62.1 Å². The minimum absolute atomic E-state index is 0. The number of carboxylic acids is 1. The topological polar surface area (TPSA) is 171 Å². The number of aliphatic imine (C=N–C) groups is 1. The van der Waals surface area contributed by atoms with Crippen LogP contribution in [0.5, 0.6) is 0 Å². The SMILES string of the molecule is N#CC1=NC(C#N)C(C#N)(C(=O)[O-])C(C#N)=C1C#N.[Na+]. The molecule has 0 saturated carbocycles. The largest absolute Gasteiger partial charge is 1.00 e. The number of rotatable bonds is 1. The van der Waals surface area contributed by atoms with Crippen molar-refractivity contribution in [1.29, 1.82) is 26.3 Å². The number of allylic oxidation sites excluding steroid dienone is 1. The molecule has 9 heteroatoms. The molecule has 1 aliphatic heterocycles. The van der Waals surface area contributed by atoms with Crippen LogP contribution in [0.2, 0.25) is 0 Å². The molecule has 2 unspecified atom stereocenters. The van der Waals surface area contributed by atoms with Gasteiger partial charge in [-0.3, -0.25) is 4.99 Å². The summed E-state index contributed by atoms with van der Waals surface area (Å²) >= 11 is 0. The van der Waals surface area contributed by atoms with Crippen molar-refractivity contribution in [3.8, 4) is 30.3 Å². The number of hydrogen-bond donors (Lipinski definition) is 0. The molecule has 0 amide bonds. The average Bonchev–Trinajstić information content (AvgIpc) is 2.43. The van der Waals surface area contributed by atoms with Crippen LogP contribution in [0.25, 0.3) is 0 Å². The average molecular weight is 272 g/mol. The van der Waals surface area contributed by atoms with Gasteiger partial charge in [0, 0.05) is 0 Å². The van der Waals surface area contributed by atoms with Gasteiger partial charge in [0.05, 0.1) is 29.8 Å². The van der Waals surface area contributed by atoms with Crippen molar-refractivity contribution in [3.63, 3.8) is 0 Å². The van der Waals surface area contributed by atoms with Crippen LogP contribution in [0.4, 0.5) is 0 Å². The standard InChI is InChI=1S/C11H2N6O2.Na/c12-1-6-7(2-13)11(5-16,10(18)19)9(4-15)17-8(6)3-14;/h9H,(H,18,19);/q;+1/p-1. The van der Waals surface area contributed by atoms with Crippen molar-refractivity contribution in [2.45, 2.75) is 6.04 Å². The van der Waals surface area contributed by atoms with Gasteiger partial charge in [-0.1, -0.05) is 0 Å². The molecule has 88 valence electrons. The summed E-state index contributed by atoms with van der Waals surface area (Å²) < 4.78 is 0. The minimum atomic E-state index is -2.69. The van der Waals surface area contributed by atoms with E-state index in [1.54, 1.807) is 0 Å². The molecule has 0 aromatic rings. The van der Waals surface area contributed by atoms with Gasteiger partial charge in [0.1, 0.15) is 17.7 Å². The second-order valence-corrected chi connectivity index (χ2v) is 3.30. The normalized spacial score (nSPS) is 23.6. The molecular formula is C11HN6NaO2. The van der Waals surface area contributed by atoms with E-state index in [1.165, 1.54) is 30.3 Å². The van der Waals surface area contributed by atoms with Gasteiger partial charge in [-0.05, 0) is 0 Å². The molecule has 0 saturated heterocycles. The molecule has 1 aliphatic rings. The predicted molar refractivity (Wildman–Crippen MR) is 53.8 cm³/mol. The van der Waals surface area contributed by atoms with Crippen LogP contribution in [-0.4, -0.2) is 17.7 Å². The van der Waals surface area contributed by atoms with E-state index >= 15 is 0 Å². The van der Waals surface area contributed by atoms with E-state index in [0.29, 0.717) is 0 Å². The second-order valence-electron chi connectivity index (χ2n) is 3.30. The van der Waals surface area contributed by atoms with Crippen LogP contribution < -0.4 is 34.7 Å². The Bertz CT molecular complexity index is 733. The Morgan fingerprint density at radius 3 is 2.05 bits per heavy atom. The van der Waals surface area contributed by atoms with E-state index in [9.17, 15) is 9.90 Å². The van der Waals surface area contributed by atoms with Crippen molar-refractivity contribution in [2.75, 3.05) is 0 Å². The van der Waals surface area contributed by atoms with E-state index in [-0.39, 0.29) is 29.6 Å². The van der Waals surface area contributed by atoms with Crippen LogP contribution in [0.3, 0.4) is 0 Å². The summed E-state index contributed by atoms with van der Waals surface area (Å²) in [6, 6.07) is 5.20. The molecule has 0 aromatic carbocycles. The van der Waals surface area contributed by atoms with Crippen LogP contribution in [-0.2, 0) is 4.79 Å². The Kier molecular flexibility index (Phi) is 5.62. The Labute approximate surface area is 135 Å². The maximum Gasteiger partial charge on any atom is 1.00 e. The summed E-state index contributed by atoms with van der Waals surface area (Å²) in [5, 5.41) is 55.7. The molecule has 1 heterocycles. The third-order valence-corrected chi connectivity index (χ3v) is 2.50. The maximum absolute atomic E-state index is 11.2. The summed E-state index contributed by atoms with van der Waals surface area (Å²) in [6.07, 6.45) is 0. The summed E-state index contributed by atoms with van der Waals surface area (Å²) in [5.41, 5.74) is -4.69. The smallest absolute Gasteiger partial charge is 0.548 e. The maximum atomic E-state index is 11.2. The first-order valence-electron chi connectivity index (χ1n) is 4.59. The first-order chi connectivity index (χ1) is 9.03. The number of carbonyl (C=O) groups is 1. The molecule has 0 aromatic heterocycles. The van der Waals surface area contributed by atoms with E-state index in [2.05, 4.69) is 4.99 Å². The molecule has 0 radical (unpaired) electrons. The molecular weight excluding hydrogens is 271 g/mol. The van der Waals surface area contributed by atoms with Gasteiger partial charge in [-0.15, -0.1) is 0 Å². The zero-order valence-corrected chi connectivity index (χ0v) is 12.1. The molecule has 0 bridgehead atoms. The van der Waals surface area contributed by atoms with Gasteiger partial charge in [0.25, 0.3) is 0 Å². The monoisotopic (exact) mass is 272 g/mol. The number of dihydropyridines is 1. The number of carbonyl (C=O) groups excluding carboxylic acids is 1. The zero-order valence-electron chi connectivity index (χ0n) is 10.1. The summed E-state index contributed by atoms with van der Waals surface area (Å²) in [6.45, 7) is 0. The van der Waals surface area contributed by atoms with Gasteiger partial charge in [-0.2, -0.15) is 26.3 Å². The van der Waals surface area contributed by atoms with Crippen LogP contribution >= 0.6 is 0 Å². The number of hydrogen-bond acceptors (Lipinski definition) is 8. The van der Waals surface area contributed by atoms with Crippen molar-refractivity contribution in [1.82, 2.24) is 0 Å². The van der Waals surface area contributed by atoms with E-state index < -0.39 is 34.3 Å². The van der Waals surface area contributed by atoms with Crippen molar-refractivity contribution in [2.24, 2.45) is 10.4 Å². The van der Waals surface area contributed by atoms with Crippen molar-refractivity contribution in [3.05, 3.63) is 11.1 Å². The van der Waals surface area contributed by atoms with Crippen LogP contribution in [0.15, 0.2) is 16.1 Å². The van der Waals surface area contributed by atoms with Crippen molar-refractivity contribution >= 4 is 11.7 Å². The third-order valence-electron chi connectivity index (χ3n) is 2.50. The summed E-state index contributed by atoms with van der Waals surface area (Å²) in [5.74, 6) is -2.02. The van der Waals surface area contributed by atoms with Gasteiger partial charge in [0.15, 0.2) is 17.2 Å². The molecule has 20 heavy (non-hydrogen) atoms. The first-order valence-corrected chi connectivity index (χ1v) is 4.59. The van der Waals surface area contributed by atoms with E-state index in [0.717, 1.165) is 0 Å². The zero-order chi connectivity index (χ0) is 14.6. The summed E-state index contributed by atoms with van der Waals surface area (Å²) in [7, 11) is 0. The van der Waals surface area contributed by atoms with E-state index in [4.69, 9.17) is 26.3 Å². The molecule has 0 aliphatic carbocycles. The number of carboxylic acid groups (broad SMARTS) is 1. The molecule has 0 spiro atoms. The predicted octanol–water partition coefficient (Wildman–Crippen LogP) is -4.54. The Balaban J connectivity index is 0.00000361. The Morgan fingerprint density at radius 1 is 1.15 bits per heavy atom. The second kappa shape index (κ2) is 6.48. The third kappa shape index (κ3) is 2.14. The van der Waals surface area contributed by atoms with E-state index in [1.807, 2.05) is 0 Å². The Morgan fingerprint density at radius 2 is 1.75 bits per heavy atom. The number of nitriles is 5. The fraction of sp³-hybridized carbons (Fsp3) is 0.182. The molecule has 8 nitrogen and oxygen atoms in total. The number of aliphatic carboxylic acids is 1.